The summed E-state index contributed by atoms with van der Waals surface area (Å²) in [5.41, 5.74) is 2.78. The zero-order valence-corrected chi connectivity index (χ0v) is 14.8. The molecule has 0 bridgehead atoms. The van der Waals surface area contributed by atoms with E-state index in [1.807, 2.05) is 36.9 Å². The molecule has 0 saturated carbocycles. The molecule has 0 aromatic heterocycles. The Bertz CT molecular complexity index is 646. The van der Waals surface area contributed by atoms with Crippen LogP contribution < -0.4 is 10.6 Å². The number of hydrogen-bond donors (Lipinski definition) is 2. The van der Waals surface area contributed by atoms with Crippen molar-refractivity contribution >= 4 is 17.6 Å². The normalized spacial score (nSPS) is 19.8. The van der Waals surface area contributed by atoms with E-state index in [1.165, 1.54) is 0 Å². The Morgan fingerprint density at radius 1 is 1.16 bits per heavy atom. The number of rotatable bonds is 3. The first-order chi connectivity index (χ1) is 12.0. The fourth-order valence-corrected chi connectivity index (χ4v) is 3.31. The molecule has 0 aliphatic carbocycles. The molecule has 1 aromatic rings. The largest absolute Gasteiger partial charge is 0.347 e. The first kappa shape index (κ1) is 17.8. The van der Waals surface area contributed by atoms with Crippen LogP contribution in [0.1, 0.15) is 24.0 Å². The van der Waals surface area contributed by atoms with Crippen LogP contribution in [0.5, 0.6) is 0 Å². The zero-order valence-electron chi connectivity index (χ0n) is 14.8. The fourth-order valence-electron chi connectivity index (χ4n) is 3.31. The lowest BCUT2D eigenvalue weighted by Gasteiger charge is -2.37. The van der Waals surface area contributed by atoms with E-state index < -0.39 is 11.8 Å². The van der Waals surface area contributed by atoms with Gasteiger partial charge < -0.3 is 14.8 Å². The number of nitrogens with zero attached hydrogens (tertiary/aromatic N) is 1. The topological polar surface area (TPSA) is 79.9 Å². The fraction of sp³-hybridized carbons (Fsp3) is 0.556. The number of likely N-dealkylation sites (tertiary alicyclic amines) is 1. The van der Waals surface area contributed by atoms with Gasteiger partial charge in [-0.15, -0.1) is 0 Å². The minimum absolute atomic E-state index is 0.191. The van der Waals surface area contributed by atoms with Gasteiger partial charge in [-0.05, 0) is 25.5 Å². The predicted molar refractivity (Wildman–Crippen MR) is 93.4 cm³/mol. The number of carbonyl (C=O) groups excluding carboxylic acids is 2. The van der Waals surface area contributed by atoms with Crippen molar-refractivity contribution in [1.82, 2.24) is 10.2 Å². The molecule has 2 aliphatic heterocycles. The number of amides is 3. The van der Waals surface area contributed by atoms with Gasteiger partial charge in [0.05, 0.1) is 19.8 Å². The Kier molecular flexibility index (Phi) is 5.36. The second kappa shape index (κ2) is 7.51. The highest BCUT2D eigenvalue weighted by molar-refractivity contribution is 6.02. The van der Waals surface area contributed by atoms with Gasteiger partial charge in [0.2, 0.25) is 5.91 Å². The Morgan fingerprint density at radius 2 is 1.84 bits per heavy atom. The van der Waals surface area contributed by atoms with Crippen molar-refractivity contribution in [1.29, 1.82) is 0 Å². The summed E-state index contributed by atoms with van der Waals surface area (Å²) in [4.78, 5) is 26.1. The number of nitrogens with one attached hydrogen (secondary N) is 2. The lowest BCUT2D eigenvalue weighted by Crippen LogP contribution is -2.49. The maximum atomic E-state index is 12.1. The van der Waals surface area contributed by atoms with Gasteiger partial charge >= 0.3 is 6.03 Å². The van der Waals surface area contributed by atoms with Crippen LogP contribution in [-0.4, -0.2) is 55.5 Å². The Balaban J connectivity index is 1.44. The monoisotopic (exact) mass is 347 g/mol. The lowest BCUT2D eigenvalue weighted by molar-refractivity contribution is -0.185. The van der Waals surface area contributed by atoms with Crippen LogP contribution in [0.2, 0.25) is 0 Å². The van der Waals surface area contributed by atoms with Crippen LogP contribution in [-0.2, 0) is 14.3 Å². The van der Waals surface area contributed by atoms with E-state index in [-0.39, 0.29) is 12.5 Å². The molecule has 7 heteroatoms. The van der Waals surface area contributed by atoms with E-state index >= 15 is 0 Å². The molecule has 2 heterocycles. The van der Waals surface area contributed by atoms with E-state index in [1.54, 1.807) is 0 Å². The van der Waals surface area contributed by atoms with E-state index in [9.17, 15) is 9.59 Å². The molecule has 1 aromatic carbocycles. The highest BCUT2D eigenvalue weighted by Gasteiger charge is 2.39. The average Bonchev–Trinajstić information content (AvgIpc) is 3.01. The molecule has 3 rings (SSSR count). The highest BCUT2D eigenvalue weighted by atomic mass is 16.7. The van der Waals surface area contributed by atoms with E-state index in [2.05, 4.69) is 10.6 Å². The standard InChI is InChI=1S/C18H25N3O4/c1-13-3-4-15(14(2)11-13)19-17(23)20-16(22)12-21-7-5-18(6-8-21)24-9-10-25-18/h3-4,11H,5-10,12H2,1-2H3,(H2,19,20,22,23). The minimum atomic E-state index is -0.507. The molecule has 2 N–H and O–H groups in total. The number of hydrogen-bond acceptors (Lipinski definition) is 5. The number of piperidine rings is 1. The van der Waals surface area contributed by atoms with Crippen molar-refractivity contribution in [3.63, 3.8) is 0 Å². The molecule has 2 fully saturated rings. The SMILES string of the molecule is Cc1ccc(NC(=O)NC(=O)CN2CCC3(CC2)OCCO3)c(C)c1. The third-order valence-electron chi connectivity index (χ3n) is 4.68. The molecular weight excluding hydrogens is 322 g/mol. The summed E-state index contributed by atoms with van der Waals surface area (Å²) in [6, 6.07) is 5.23. The summed E-state index contributed by atoms with van der Waals surface area (Å²) in [5.74, 6) is -0.765. The summed E-state index contributed by atoms with van der Waals surface area (Å²) in [6.45, 7) is 6.80. The van der Waals surface area contributed by atoms with Gasteiger partial charge in [0.25, 0.3) is 0 Å². The predicted octanol–water partition coefficient (Wildman–Crippen LogP) is 1.79. The molecule has 2 saturated heterocycles. The maximum Gasteiger partial charge on any atom is 0.325 e. The number of imide groups is 1. The Labute approximate surface area is 147 Å². The molecular formula is C18H25N3O4. The maximum absolute atomic E-state index is 12.1. The second-order valence-corrected chi connectivity index (χ2v) is 6.70. The zero-order chi connectivity index (χ0) is 17.9. The smallest absolute Gasteiger partial charge is 0.325 e. The van der Waals surface area contributed by atoms with Gasteiger partial charge in [-0.25, -0.2) is 4.79 Å². The number of benzene rings is 1. The van der Waals surface area contributed by atoms with Crippen molar-refractivity contribution in [3.8, 4) is 0 Å². The third-order valence-corrected chi connectivity index (χ3v) is 4.68. The molecule has 136 valence electrons. The molecule has 2 aliphatic rings. The van der Waals surface area contributed by atoms with Crippen molar-refractivity contribution in [2.45, 2.75) is 32.5 Å². The number of urea groups is 1. The van der Waals surface area contributed by atoms with Gasteiger partial charge in [0.1, 0.15) is 0 Å². The number of anilines is 1. The first-order valence-corrected chi connectivity index (χ1v) is 8.64. The van der Waals surface area contributed by atoms with E-state index in [0.29, 0.717) is 32.0 Å². The Hall–Kier alpha value is -1.96. The second-order valence-electron chi connectivity index (χ2n) is 6.70. The van der Waals surface area contributed by atoms with Gasteiger partial charge in [-0.3, -0.25) is 15.0 Å². The molecule has 7 nitrogen and oxygen atoms in total. The molecule has 3 amide bonds. The molecule has 0 unspecified atom stereocenters. The van der Waals surface area contributed by atoms with E-state index in [4.69, 9.17) is 9.47 Å². The molecule has 0 atom stereocenters. The van der Waals surface area contributed by atoms with Crippen molar-refractivity contribution < 1.29 is 19.1 Å². The lowest BCUT2D eigenvalue weighted by atomic mass is 10.0. The number of carbonyl (C=O) groups is 2. The summed E-state index contributed by atoms with van der Waals surface area (Å²) >= 11 is 0. The molecule has 25 heavy (non-hydrogen) atoms. The van der Waals surface area contributed by atoms with Gasteiger partial charge in [0, 0.05) is 31.6 Å². The highest BCUT2D eigenvalue weighted by Crippen LogP contribution is 2.30. The van der Waals surface area contributed by atoms with Crippen LogP contribution in [0.15, 0.2) is 18.2 Å². The van der Waals surface area contributed by atoms with Crippen LogP contribution >= 0.6 is 0 Å². The minimum Gasteiger partial charge on any atom is -0.347 e. The average molecular weight is 347 g/mol. The quantitative estimate of drug-likeness (QED) is 0.871. The molecule has 1 spiro atoms. The first-order valence-electron chi connectivity index (χ1n) is 8.64. The number of aryl methyl sites for hydroxylation is 2. The molecule has 0 radical (unpaired) electrons. The Morgan fingerprint density at radius 3 is 2.48 bits per heavy atom. The summed E-state index contributed by atoms with van der Waals surface area (Å²) < 4.78 is 11.3. The van der Waals surface area contributed by atoms with Gasteiger partial charge in [0.15, 0.2) is 5.79 Å². The summed E-state index contributed by atoms with van der Waals surface area (Å²) in [5, 5.41) is 5.10. The van der Waals surface area contributed by atoms with Gasteiger partial charge in [-0.2, -0.15) is 0 Å². The summed E-state index contributed by atoms with van der Waals surface area (Å²) in [6.07, 6.45) is 1.49. The van der Waals surface area contributed by atoms with Crippen LogP contribution in [0.4, 0.5) is 10.5 Å². The summed E-state index contributed by atoms with van der Waals surface area (Å²) in [7, 11) is 0. The van der Waals surface area contributed by atoms with Crippen LogP contribution in [0, 0.1) is 13.8 Å². The van der Waals surface area contributed by atoms with Crippen molar-refractivity contribution in [3.05, 3.63) is 29.3 Å². The van der Waals surface area contributed by atoms with Gasteiger partial charge in [-0.1, -0.05) is 17.7 Å². The van der Waals surface area contributed by atoms with Crippen LogP contribution in [0.25, 0.3) is 0 Å². The third kappa shape index (κ3) is 4.56. The van der Waals surface area contributed by atoms with E-state index in [0.717, 1.165) is 24.0 Å². The van der Waals surface area contributed by atoms with Crippen LogP contribution in [0.3, 0.4) is 0 Å². The van der Waals surface area contributed by atoms with Crippen molar-refractivity contribution in [2.24, 2.45) is 0 Å². The van der Waals surface area contributed by atoms with Crippen molar-refractivity contribution in [2.75, 3.05) is 38.2 Å². The number of ether oxygens (including phenoxy) is 2.